The number of rotatable bonds is 6. The first kappa shape index (κ1) is 19.2. The molecule has 0 radical (unpaired) electrons. The minimum absolute atomic E-state index is 0.0179. The summed E-state index contributed by atoms with van der Waals surface area (Å²) in [5.41, 5.74) is 2.73. The van der Waals surface area contributed by atoms with Crippen molar-refractivity contribution >= 4 is 11.7 Å². The fraction of sp³-hybridized carbons (Fsp3) is 0.381. The smallest absolute Gasteiger partial charge is 0.322 e. The van der Waals surface area contributed by atoms with Crippen molar-refractivity contribution in [3.63, 3.8) is 0 Å². The van der Waals surface area contributed by atoms with E-state index in [1.807, 2.05) is 48.5 Å². The van der Waals surface area contributed by atoms with Gasteiger partial charge in [0.1, 0.15) is 5.75 Å². The van der Waals surface area contributed by atoms with Crippen LogP contribution in [-0.2, 0) is 9.47 Å². The molecule has 1 N–H and O–H groups in total. The van der Waals surface area contributed by atoms with Crippen LogP contribution in [0.15, 0.2) is 48.5 Å². The average molecular weight is 370 g/mol. The summed E-state index contributed by atoms with van der Waals surface area (Å²) >= 11 is 0. The van der Waals surface area contributed by atoms with Crippen LogP contribution in [0.4, 0.5) is 10.5 Å². The number of carbonyl (C=O) groups excluding carboxylic acids is 1. The van der Waals surface area contributed by atoms with E-state index in [2.05, 4.69) is 5.32 Å². The van der Waals surface area contributed by atoms with Crippen LogP contribution in [0.5, 0.6) is 5.75 Å². The number of morpholine rings is 1. The van der Waals surface area contributed by atoms with Crippen molar-refractivity contribution in [3.05, 3.63) is 48.5 Å². The van der Waals surface area contributed by atoms with Crippen molar-refractivity contribution < 1.29 is 19.0 Å². The summed E-state index contributed by atoms with van der Waals surface area (Å²) in [4.78, 5) is 14.5. The maximum absolute atomic E-state index is 12.7. The van der Waals surface area contributed by atoms with Crippen LogP contribution >= 0.6 is 0 Å². The second kappa shape index (κ2) is 9.39. The highest BCUT2D eigenvalue weighted by Crippen LogP contribution is 2.31. The molecule has 0 spiro atoms. The van der Waals surface area contributed by atoms with Crippen LogP contribution in [0.3, 0.4) is 0 Å². The Kier molecular flexibility index (Phi) is 6.68. The molecule has 0 aliphatic carbocycles. The molecule has 1 aliphatic rings. The molecule has 2 amide bonds. The molecule has 1 aliphatic heterocycles. The van der Waals surface area contributed by atoms with Crippen LogP contribution in [-0.4, -0.2) is 57.6 Å². The Labute approximate surface area is 160 Å². The lowest BCUT2D eigenvalue weighted by Gasteiger charge is -2.33. The van der Waals surface area contributed by atoms with Crippen LogP contribution in [0.25, 0.3) is 11.1 Å². The zero-order valence-electron chi connectivity index (χ0n) is 15.8. The van der Waals surface area contributed by atoms with Gasteiger partial charge in [-0.2, -0.15) is 0 Å². The predicted molar refractivity (Wildman–Crippen MR) is 105 cm³/mol. The SMILES string of the molecule is COCCC1CN(C(=O)Nc2cccc(-c3ccccc3OC)c2)CCO1. The molecule has 6 nitrogen and oxygen atoms in total. The number of nitrogens with one attached hydrogen (secondary N) is 1. The molecule has 144 valence electrons. The number of hydrogen-bond acceptors (Lipinski definition) is 4. The van der Waals surface area contributed by atoms with Crippen LogP contribution in [0, 0.1) is 0 Å². The van der Waals surface area contributed by atoms with Gasteiger partial charge in [0.25, 0.3) is 0 Å². The Morgan fingerprint density at radius 3 is 2.89 bits per heavy atom. The fourth-order valence-corrected chi connectivity index (χ4v) is 3.18. The van der Waals surface area contributed by atoms with Crippen molar-refractivity contribution in [2.75, 3.05) is 45.8 Å². The van der Waals surface area contributed by atoms with Gasteiger partial charge in [-0.1, -0.05) is 30.3 Å². The summed E-state index contributed by atoms with van der Waals surface area (Å²) < 4.78 is 16.2. The molecule has 0 bridgehead atoms. The Morgan fingerprint density at radius 2 is 2.07 bits per heavy atom. The van der Waals surface area contributed by atoms with Crippen molar-refractivity contribution in [1.82, 2.24) is 4.90 Å². The topological polar surface area (TPSA) is 60.0 Å². The molecule has 3 rings (SSSR count). The second-order valence-corrected chi connectivity index (χ2v) is 6.43. The average Bonchev–Trinajstić information content (AvgIpc) is 2.72. The first-order valence-corrected chi connectivity index (χ1v) is 9.11. The number of carbonyl (C=O) groups is 1. The van der Waals surface area contributed by atoms with Gasteiger partial charge < -0.3 is 24.4 Å². The number of ether oxygens (including phenoxy) is 3. The van der Waals surface area contributed by atoms with Gasteiger partial charge in [0, 0.05) is 38.1 Å². The second-order valence-electron chi connectivity index (χ2n) is 6.43. The summed E-state index contributed by atoms with van der Waals surface area (Å²) in [5.74, 6) is 0.801. The summed E-state index contributed by atoms with van der Waals surface area (Å²) in [6.45, 7) is 2.33. The highest BCUT2D eigenvalue weighted by Gasteiger charge is 2.24. The largest absolute Gasteiger partial charge is 0.496 e. The summed E-state index contributed by atoms with van der Waals surface area (Å²) in [7, 11) is 3.32. The fourth-order valence-electron chi connectivity index (χ4n) is 3.18. The maximum atomic E-state index is 12.7. The number of methoxy groups -OCH3 is 2. The lowest BCUT2D eigenvalue weighted by Crippen LogP contribution is -2.47. The lowest BCUT2D eigenvalue weighted by molar-refractivity contribution is -0.0260. The Balaban J connectivity index is 1.68. The van der Waals surface area contributed by atoms with Gasteiger partial charge in [-0.15, -0.1) is 0 Å². The van der Waals surface area contributed by atoms with Crippen molar-refractivity contribution in [3.8, 4) is 16.9 Å². The summed E-state index contributed by atoms with van der Waals surface area (Å²) in [6.07, 6.45) is 0.799. The van der Waals surface area contributed by atoms with E-state index in [0.717, 1.165) is 29.0 Å². The molecule has 1 unspecified atom stereocenters. The van der Waals surface area contributed by atoms with Crippen molar-refractivity contribution in [2.45, 2.75) is 12.5 Å². The maximum Gasteiger partial charge on any atom is 0.322 e. The van der Waals surface area contributed by atoms with Gasteiger partial charge in [0.2, 0.25) is 0 Å². The quantitative estimate of drug-likeness (QED) is 0.844. The van der Waals surface area contributed by atoms with Gasteiger partial charge in [0.05, 0.1) is 19.8 Å². The van der Waals surface area contributed by atoms with Crippen molar-refractivity contribution in [1.29, 1.82) is 0 Å². The third-order valence-electron chi connectivity index (χ3n) is 4.60. The van der Waals surface area contributed by atoms with E-state index in [-0.39, 0.29) is 12.1 Å². The Morgan fingerprint density at radius 1 is 1.22 bits per heavy atom. The molecule has 2 aromatic carbocycles. The molecule has 2 aromatic rings. The van der Waals surface area contributed by atoms with Crippen LogP contribution in [0.2, 0.25) is 0 Å². The highest BCUT2D eigenvalue weighted by atomic mass is 16.5. The molecular formula is C21H26N2O4. The Bertz CT molecular complexity index is 765. The number of para-hydroxylation sites is 1. The molecule has 27 heavy (non-hydrogen) atoms. The molecule has 1 saturated heterocycles. The van der Waals surface area contributed by atoms with E-state index in [0.29, 0.717) is 26.3 Å². The van der Waals surface area contributed by atoms with E-state index in [1.165, 1.54) is 0 Å². The molecule has 1 atom stereocenters. The van der Waals surface area contributed by atoms with E-state index < -0.39 is 0 Å². The van der Waals surface area contributed by atoms with E-state index in [1.54, 1.807) is 19.1 Å². The number of benzene rings is 2. The van der Waals surface area contributed by atoms with Crippen molar-refractivity contribution in [2.24, 2.45) is 0 Å². The first-order chi connectivity index (χ1) is 13.2. The third kappa shape index (κ3) is 4.99. The minimum atomic E-state index is -0.113. The third-order valence-corrected chi connectivity index (χ3v) is 4.60. The van der Waals surface area contributed by atoms with Gasteiger partial charge in [0.15, 0.2) is 0 Å². The number of hydrogen-bond donors (Lipinski definition) is 1. The molecule has 1 heterocycles. The lowest BCUT2D eigenvalue weighted by atomic mass is 10.0. The number of urea groups is 1. The minimum Gasteiger partial charge on any atom is -0.496 e. The van der Waals surface area contributed by atoms with Gasteiger partial charge in [-0.25, -0.2) is 4.79 Å². The van der Waals surface area contributed by atoms with Gasteiger partial charge >= 0.3 is 6.03 Å². The zero-order chi connectivity index (χ0) is 19.1. The molecule has 0 saturated carbocycles. The first-order valence-electron chi connectivity index (χ1n) is 9.11. The van der Waals surface area contributed by atoms with Gasteiger partial charge in [-0.05, 0) is 30.2 Å². The number of amides is 2. The predicted octanol–water partition coefficient (Wildman–Crippen LogP) is 3.63. The summed E-state index contributed by atoms with van der Waals surface area (Å²) in [5, 5.41) is 3.00. The van der Waals surface area contributed by atoms with E-state index in [9.17, 15) is 4.79 Å². The van der Waals surface area contributed by atoms with E-state index >= 15 is 0 Å². The monoisotopic (exact) mass is 370 g/mol. The highest BCUT2D eigenvalue weighted by molar-refractivity contribution is 5.90. The number of anilines is 1. The standard InChI is InChI=1S/C21H26N2O4/c1-25-12-10-18-15-23(11-13-27-18)21(24)22-17-7-5-6-16(14-17)19-8-3-4-9-20(19)26-2/h3-9,14,18H,10-13,15H2,1-2H3,(H,22,24). The van der Waals surface area contributed by atoms with Gasteiger partial charge in [-0.3, -0.25) is 0 Å². The number of nitrogens with zero attached hydrogens (tertiary/aromatic N) is 1. The molecule has 1 fully saturated rings. The normalized spacial score (nSPS) is 16.8. The molecule has 0 aromatic heterocycles. The van der Waals surface area contributed by atoms with Crippen LogP contribution in [0.1, 0.15) is 6.42 Å². The zero-order valence-corrected chi connectivity index (χ0v) is 15.8. The van der Waals surface area contributed by atoms with Crippen LogP contribution < -0.4 is 10.1 Å². The Hall–Kier alpha value is -2.57. The van der Waals surface area contributed by atoms with E-state index in [4.69, 9.17) is 14.2 Å². The summed E-state index contributed by atoms with van der Waals surface area (Å²) in [6, 6.07) is 15.5. The molecule has 6 heteroatoms. The molecular weight excluding hydrogens is 344 g/mol.